The van der Waals surface area contributed by atoms with Gasteiger partial charge in [0.2, 0.25) is 10.0 Å². The Bertz CT molecular complexity index is 1060. The van der Waals surface area contributed by atoms with Crippen molar-refractivity contribution in [2.75, 3.05) is 44.9 Å². The molecule has 0 amide bonds. The monoisotopic (exact) mass is 451 g/mol. The van der Waals surface area contributed by atoms with Gasteiger partial charge in [-0.3, -0.25) is 0 Å². The number of aromatic nitrogens is 3. The molecule has 1 saturated heterocycles. The van der Waals surface area contributed by atoms with E-state index in [1.54, 1.807) is 13.3 Å². The van der Waals surface area contributed by atoms with E-state index in [9.17, 15) is 13.5 Å². The van der Waals surface area contributed by atoms with E-state index in [4.69, 9.17) is 9.47 Å². The molecule has 0 spiro atoms. The number of sulfonamides is 1. The number of nitrogens with one attached hydrogen (secondary N) is 1. The maximum Gasteiger partial charge on any atom is 0.246 e. The van der Waals surface area contributed by atoms with E-state index in [0.717, 1.165) is 25.7 Å². The van der Waals surface area contributed by atoms with Gasteiger partial charge in [-0.05, 0) is 37.7 Å². The van der Waals surface area contributed by atoms with Crippen LogP contribution in [0.4, 0.5) is 5.82 Å². The van der Waals surface area contributed by atoms with Crippen molar-refractivity contribution in [3.8, 4) is 0 Å². The molecule has 11 heteroatoms. The Hall–Kier alpha value is -1.79. The molecule has 2 saturated carbocycles. The molecular formula is C20H29N5O5S. The molecule has 31 heavy (non-hydrogen) atoms. The maximum absolute atomic E-state index is 13.3. The van der Waals surface area contributed by atoms with Crippen molar-refractivity contribution in [2.24, 2.45) is 11.3 Å². The van der Waals surface area contributed by atoms with Gasteiger partial charge in [0.25, 0.3) is 0 Å². The van der Waals surface area contributed by atoms with Crippen LogP contribution in [0.1, 0.15) is 25.7 Å². The minimum Gasteiger partial charge on any atom is -0.396 e. The zero-order valence-corrected chi connectivity index (χ0v) is 18.4. The molecule has 0 radical (unpaired) electrons. The zero-order valence-electron chi connectivity index (χ0n) is 17.6. The van der Waals surface area contributed by atoms with Crippen LogP contribution in [0, 0.1) is 11.3 Å². The Morgan fingerprint density at radius 1 is 1.45 bits per heavy atom. The normalized spacial score (nSPS) is 31.0. The van der Waals surface area contributed by atoms with Crippen molar-refractivity contribution < 1.29 is 23.0 Å². The summed E-state index contributed by atoms with van der Waals surface area (Å²) in [5, 5.41) is 14.2. The number of rotatable bonds is 7. The second-order valence-electron chi connectivity index (χ2n) is 9.00. The fourth-order valence-corrected chi connectivity index (χ4v) is 6.88. The Morgan fingerprint density at radius 3 is 3.10 bits per heavy atom. The van der Waals surface area contributed by atoms with E-state index >= 15 is 0 Å². The first kappa shape index (κ1) is 21.1. The summed E-state index contributed by atoms with van der Waals surface area (Å²) in [6.07, 6.45) is 6.59. The van der Waals surface area contributed by atoms with Gasteiger partial charge in [0.1, 0.15) is 10.7 Å². The Morgan fingerprint density at radius 2 is 2.32 bits per heavy atom. The maximum atomic E-state index is 13.3. The number of hydrogen-bond donors (Lipinski definition) is 2. The zero-order chi connectivity index (χ0) is 21.6. The molecule has 2 N–H and O–H groups in total. The lowest BCUT2D eigenvalue weighted by Crippen LogP contribution is -2.46. The van der Waals surface area contributed by atoms with Crippen LogP contribution in [-0.2, 0) is 19.5 Å². The Kier molecular flexibility index (Phi) is 5.41. The number of hydrogen-bond acceptors (Lipinski definition) is 8. The van der Waals surface area contributed by atoms with Gasteiger partial charge in [-0.1, -0.05) is 0 Å². The van der Waals surface area contributed by atoms with E-state index in [0.29, 0.717) is 43.7 Å². The molecule has 10 nitrogen and oxygen atoms in total. The summed E-state index contributed by atoms with van der Waals surface area (Å²) in [7, 11) is -2.20. The van der Waals surface area contributed by atoms with Crippen molar-refractivity contribution >= 4 is 21.5 Å². The van der Waals surface area contributed by atoms with Crippen LogP contribution in [0.5, 0.6) is 0 Å². The van der Waals surface area contributed by atoms with E-state index in [2.05, 4.69) is 19.7 Å². The van der Waals surface area contributed by atoms with Crippen LogP contribution < -0.4 is 9.62 Å². The van der Waals surface area contributed by atoms with Crippen LogP contribution in [0.15, 0.2) is 23.4 Å². The van der Waals surface area contributed by atoms with E-state index < -0.39 is 10.0 Å². The van der Waals surface area contributed by atoms with Crippen molar-refractivity contribution in [3.05, 3.63) is 18.5 Å². The van der Waals surface area contributed by atoms with Gasteiger partial charge in [0.05, 0.1) is 32.1 Å². The topological polar surface area (TPSA) is 118 Å². The van der Waals surface area contributed by atoms with Crippen molar-refractivity contribution in [2.45, 2.75) is 42.7 Å². The summed E-state index contributed by atoms with van der Waals surface area (Å²) in [4.78, 5) is 6.77. The second-order valence-corrected chi connectivity index (χ2v) is 10.7. The largest absolute Gasteiger partial charge is 0.396 e. The number of aliphatic hydroxyl groups is 1. The lowest BCUT2D eigenvalue weighted by atomic mass is 9.81. The molecule has 1 aliphatic heterocycles. The number of nitrogens with zero attached hydrogens (tertiary/aromatic N) is 4. The third kappa shape index (κ3) is 3.72. The number of morpholine rings is 1. The number of aliphatic hydroxyl groups excluding tert-OH is 1. The summed E-state index contributed by atoms with van der Waals surface area (Å²) in [6.45, 7) is 2.34. The van der Waals surface area contributed by atoms with Crippen LogP contribution in [-0.4, -0.2) is 80.3 Å². The molecule has 4 atom stereocenters. The summed E-state index contributed by atoms with van der Waals surface area (Å²) < 4.78 is 41.8. The van der Waals surface area contributed by atoms with Gasteiger partial charge >= 0.3 is 0 Å². The lowest BCUT2D eigenvalue weighted by molar-refractivity contribution is -0.0102. The minimum atomic E-state index is -3.83. The molecule has 3 aliphatic rings. The highest BCUT2D eigenvalue weighted by molar-refractivity contribution is 7.89. The Labute approximate surface area is 181 Å². The smallest absolute Gasteiger partial charge is 0.246 e. The van der Waals surface area contributed by atoms with Gasteiger partial charge in [-0.2, -0.15) is 5.10 Å². The first-order valence-corrected chi connectivity index (χ1v) is 12.3. The first-order chi connectivity index (χ1) is 14.9. The van der Waals surface area contributed by atoms with E-state index in [1.807, 2.05) is 6.07 Å². The van der Waals surface area contributed by atoms with Crippen molar-refractivity contribution in [1.82, 2.24) is 19.3 Å². The van der Waals surface area contributed by atoms with Crippen LogP contribution in [0.25, 0.3) is 5.65 Å². The summed E-state index contributed by atoms with van der Waals surface area (Å²) >= 11 is 0. The van der Waals surface area contributed by atoms with Gasteiger partial charge in [0.15, 0.2) is 5.65 Å². The fraction of sp³-hybridized carbons (Fsp3) is 0.700. The number of fused-ring (bicyclic) bond motifs is 3. The molecule has 2 bridgehead atoms. The number of methoxy groups -OCH3 is 1. The molecule has 2 aliphatic carbocycles. The quantitative estimate of drug-likeness (QED) is 0.622. The van der Waals surface area contributed by atoms with Gasteiger partial charge < -0.3 is 19.5 Å². The molecule has 0 aromatic carbocycles. The number of ether oxygens (including phenoxy) is 2. The van der Waals surface area contributed by atoms with Crippen LogP contribution in [0.3, 0.4) is 0 Å². The second kappa shape index (κ2) is 7.96. The number of anilines is 1. The highest BCUT2D eigenvalue weighted by atomic mass is 32.2. The molecule has 5 rings (SSSR count). The summed E-state index contributed by atoms with van der Waals surface area (Å²) in [5.41, 5.74) is -0.0512. The predicted octanol–water partition coefficient (Wildman–Crippen LogP) is 0.410. The SMILES string of the molecule is COC[C@H]1CN(c2ccn3ncc(S(=O)(=O)N[C@@H]4C[C@@H]5CC[C@@]4(CO)C5)c3n2)CCO1. The average Bonchev–Trinajstić information content (AvgIpc) is 3.46. The van der Waals surface area contributed by atoms with Crippen LogP contribution >= 0.6 is 0 Å². The standard InChI is InChI=1S/C20H29N5O5S/c1-29-12-15-11-24(6-7-30-15)18-3-5-25-19(22-18)16(10-21-25)31(27,28)23-17-8-14-2-4-20(17,9-14)13-26/h3,5,10,14-15,17,23,26H,2,4,6-9,11-13H2,1H3/t14-,15+,17+,20-/m0/s1. The van der Waals surface area contributed by atoms with Crippen molar-refractivity contribution in [1.29, 1.82) is 0 Å². The molecule has 170 valence electrons. The molecule has 0 unspecified atom stereocenters. The van der Waals surface area contributed by atoms with Gasteiger partial charge in [0, 0.05) is 37.9 Å². The van der Waals surface area contributed by atoms with Gasteiger partial charge in [-0.15, -0.1) is 0 Å². The van der Waals surface area contributed by atoms with Crippen molar-refractivity contribution in [3.63, 3.8) is 0 Å². The third-order valence-corrected chi connectivity index (χ3v) is 8.55. The minimum absolute atomic E-state index is 0.00746. The van der Waals surface area contributed by atoms with Crippen LogP contribution in [0.2, 0.25) is 0 Å². The predicted molar refractivity (Wildman–Crippen MR) is 112 cm³/mol. The molecular weight excluding hydrogens is 422 g/mol. The molecule has 2 aromatic rings. The molecule has 3 fully saturated rings. The third-order valence-electron chi connectivity index (χ3n) is 7.09. The summed E-state index contributed by atoms with van der Waals surface area (Å²) in [6, 6.07) is 1.57. The Balaban J connectivity index is 1.42. The van der Waals surface area contributed by atoms with Gasteiger partial charge in [-0.25, -0.2) is 22.6 Å². The molecule has 2 aromatic heterocycles. The highest BCUT2D eigenvalue weighted by Gasteiger charge is 2.53. The highest BCUT2D eigenvalue weighted by Crippen LogP contribution is 2.54. The first-order valence-electron chi connectivity index (χ1n) is 10.8. The molecule has 3 heterocycles. The fourth-order valence-electron chi connectivity index (χ4n) is 5.47. The average molecular weight is 452 g/mol. The lowest BCUT2D eigenvalue weighted by Gasteiger charge is -2.33. The van der Waals surface area contributed by atoms with E-state index in [-0.39, 0.29) is 29.1 Å². The van der Waals surface area contributed by atoms with E-state index in [1.165, 1.54) is 10.7 Å². The summed E-state index contributed by atoms with van der Waals surface area (Å²) in [5.74, 6) is 1.16.